The zero-order valence-corrected chi connectivity index (χ0v) is 13.7. The van der Waals surface area contributed by atoms with E-state index in [0.717, 1.165) is 31.9 Å². The van der Waals surface area contributed by atoms with Crippen molar-refractivity contribution in [2.45, 2.75) is 25.7 Å². The van der Waals surface area contributed by atoms with E-state index in [1.54, 1.807) is 0 Å². The highest BCUT2D eigenvalue weighted by Gasteiger charge is 2.25. The predicted octanol–water partition coefficient (Wildman–Crippen LogP) is 3.89. The molecule has 21 heavy (non-hydrogen) atoms. The first-order chi connectivity index (χ1) is 10.2. The lowest BCUT2D eigenvalue weighted by Crippen LogP contribution is -1.99. The Bertz CT molecular complexity index is 822. The van der Waals surface area contributed by atoms with Crippen molar-refractivity contribution >= 4 is 45.1 Å². The zero-order valence-electron chi connectivity index (χ0n) is 11.5. The minimum absolute atomic E-state index is 0.665. The maximum Gasteiger partial charge on any atom is 0.153 e. The quantitative estimate of drug-likeness (QED) is 0.665. The van der Waals surface area contributed by atoms with Crippen LogP contribution in [0.25, 0.3) is 10.9 Å². The lowest BCUT2D eigenvalue weighted by Gasteiger charge is -2.07. The number of aromatic nitrogens is 4. The van der Waals surface area contributed by atoms with Crippen molar-refractivity contribution in [2.75, 3.05) is 5.32 Å². The van der Waals surface area contributed by atoms with Gasteiger partial charge in [-0.05, 0) is 60.6 Å². The smallest absolute Gasteiger partial charge is 0.153 e. The molecule has 1 aromatic carbocycles. The summed E-state index contributed by atoms with van der Waals surface area (Å²) in [6.45, 7) is 1.91. The minimum atomic E-state index is 0.665. The van der Waals surface area contributed by atoms with E-state index in [0.29, 0.717) is 5.92 Å². The second kappa shape index (κ2) is 4.94. The molecule has 5 nitrogen and oxygen atoms in total. The van der Waals surface area contributed by atoms with Crippen molar-refractivity contribution < 1.29 is 0 Å². The monoisotopic (exact) mass is 391 g/mol. The Morgan fingerprint density at radius 3 is 2.90 bits per heavy atom. The predicted molar refractivity (Wildman–Crippen MR) is 90.8 cm³/mol. The summed E-state index contributed by atoms with van der Waals surface area (Å²) in [5, 5.41) is 11.8. The van der Waals surface area contributed by atoms with Gasteiger partial charge in [0.15, 0.2) is 5.82 Å². The van der Waals surface area contributed by atoms with E-state index in [4.69, 9.17) is 0 Å². The van der Waals surface area contributed by atoms with E-state index in [9.17, 15) is 0 Å². The second-order valence-electron chi connectivity index (χ2n) is 5.39. The van der Waals surface area contributed by atoms with E-state index >= 15 is 0 Å². The van der Waals surface area contributed by atoms with Gasteiger partial charge in [0.05, 0.1) is 5.52 Å². The largest absolute Gasteiger partial charge is 0.323 e. The summed E-state index contributed by atoms with van der Waals surface area (Å²) in [4.78, 5) is 9.01. The van der Waals surface area contributed by atoms with Crippen LogP contribution in [0.3, 0.4) is 0 Å². The molecule has 2 heterocycles. The molecule has 0 unspecified atom stereocenters. The number of nitrogens with zero attached hydrogens (tertiary/aromatic N) is 3. The number of nitrogens with one attached hydrogen (secondary N) is 2. The summed E-state index contributed by atoms with van der Waals surface area (Å²) >= 11 is 2.30. The summed E-state index contributed by atoms with van der Waals surface area (Å²) in [6, 6.07) is 8.25. The Labute approximate surface area is 135 Å². The molecule has 4 rings (SSSR count). The van der Waals surface area contributed by atoms with Gasteiger partial charge >= 0.3 is 0 Å². The molecule has 0 radical (unpaired) electrons. The van der Waals surface area contributed by atoms with Crippen LogP contribution >= 0.6 is 22.6 Å². The van der Waals surface area contributed by atoms with Gasteiger partial charge in [0, 0.05) is 26.6 Å². The van der Waals surface area contributed by atoms with E-state index in [1.165, 1.54) is 18.5 Å². The third-order valence-electron chi connectivity index (χ3n) is 3.63. The summed E-state index contributed by atoms with van der Waals surface area (Å²) in [7, 11) is 0. The molecule has 2 N–H and O–H groups in total. The van der Waals surface area contributed by atoms with Gasteiger partial charge in [0.25, 0.3) is 0 Å². The molecule has 1 fully saturated rings. The van der Waals surface area contributed by atoms with Crippen molar-refractivity contribution in [3.63, 3.8) is 0 Å². The van der Waals surface area contributed by atoms with Gasteiger partial charge in [-0.25, -0.2) is 9.97 Å². The standard InChI is InChI=1S/C15H14IN5/c1-8-17-12-5-4-10(16)6-11(12)15(18-8)19-14-7-13(20-21-14)9-2-3-9/h4-7,9H,2-3H2,1H3,(H2,17,18,19,20,21). The number of halogens is 1. The first-order valence-corrected chi connectivity index (χ1v) is 8.03. The van der Waals surface area contributed by atoms with Crippen molar-refractivity contribution in [1.29, 1.82) is 0 Å². The Kier molecular flexibility index (Phi) is 3.06. The first kappa shape index (κ1) is 13.0. The molecule has 1 aliphatic rings. The highest BCUT2D eigenvalue weighted by atomic mass is 127. The first-order valence-electron chi connectivity index (χ1n) is 6.95. The molecule has 6 heteroatoms. The molecule has 0 amide bonds. The zero-order chi connectivity index (χ0) is 14.4. The Balaban J connectivity index is 1.75. The molecule has 0 bridgehead atoms. The number of hydrogen-bond acceptors (Lipinski definition) is 4. The van der Waals surface area contributed by atoms with Gasteiger partial charge < -0.3 is 5.32 Å². The van der Waals surface area contributed by atoms with Crippen LogP contribution in [-0.2, 0) is 0 Å². The number of rotatable bonds is 3. The molecular formula is C15H14IN5. The topological polar surface area (TPSA) is 66.5 Å². The average Bonchev–Trinajstić information content (AvgIpc) is 3.20. The van der Waals surface area contributed by atoms with Gasteiger partial charge in [0.1, 0.15) is 11.6 Å². The molecular weight excluding hydrogens is 377 g/mol. The molecule has 0 saturated heterocycles. The molecule has 0 aliphatic heterocycles. The molecule has 0 atom stereocenters. The van der Waals surface area contributed by atoms with Crippen LogP contribution < -0.4 is 5.32 Å². The summed E-state index contributed by atoms with van der Waals surface area (Å²) in [5.74, 6) is 3.04. The van der Waals surface area contributed by atoms with Gasteiger partial charge in [-0.1, -0.05) is 0 Å². The van der Waals surface area contributed by atoms with Gasteiger partial charge in [-0.15, -0.1) is 0 Å². The lowest BCUT2D eigenvalue weighted by molar-refractivity contribution is 0.966. The van der Waals surface area contributed by atoms with E-state index in [1.807, 2.05) is 13.0 Å². The van der Waals surface area contributed by atoms with E-state index in [2.05, 4.69) is 66.3 Å². The molecule has 0 spiro atoms. The lowest BCUT2D eigenvalue weighted by atomic mass is 10.2. The molecule has 2 aromatic heterocycles. The third-order valence-corrected chi connectivity index (χ3v) is 4.30. The van der Waals surface area contributed by atoms with Crippen LogP contribution in [0.2, 0.25) is 0 Å². The fraction of sp³-hybridized carbons (Fsp3) is 0.267. The van der Waals surface area contributed by atoms with Crippen molar-refractivity contribution in [2.24, 2.45) is 0 Å². The number of fused-ring (bicyclic) bond motifs is 1. The Morgan fingerprint density at radius 2 is 2.10 bits per heavy atom. The molecule has 3 aromatic rings. The Hall–Kier alpha value is -1.70. The summed E-state index contributed by atoms with van der Waals surface area (Å²) in [6.07, 6.45) is 2.52. The van der Waals surface area contributed by atoms with Crippen LogP contribution in [0.4, 0.5) is 11.6 Å². The van der Waals surface area contributed by atoms with Crippen molar-refractivity contribution in [3.8, 4) is 0 Å². The highest BCUT2D eigenvalue weighted by molar-refractivity contribution is 14.1. The van der Waals surface area contributed by atoms with Crippen LogP contribution in [0.5, 0.6) is 0 Å². The molecule has 1 saturated carbocycles. The number of anilines is 2. The molecule has 106 valence electrons. The van der Waals surface area contributed by atoms with Crippen LogP contribution in [0.15, 0.2) is 24.3 Å². The van der Waals surface area contributed by atoms with Crippen LogP contribution in [0.1, 0.15) is 30.3 Å². The number of aromatic amines is 1. The maximum absolute atomic E-state index is 4.53. The van der Waals surface area contributed by atoms with Crippen LogP contribution in [0, 0.1) is 10.5 Å². The Morgan fingerprint density at radius 1 is 1.24 bits per heavy atom. The van der Waals surface area contributed by atoms with Gasteiger partial charge in [0.2, 0.25) is 0 Å². The number of benzene rings is 1. The average molecular weight is 391 g/mol. The number of H-pyrrole nitrogens is 1. The van der Waals surface area contributed by atoms with Crippen LogP contribution in [-0.4, -0.2) is 20.2 Å². The van der Waals surface area contributed by atoms with Gasteiger partial charge in [-0.2, -0.15) is 5.10 Å². The summed E-state index contributed by atoms with van der Waals surface area (Å²) in [5.41, 5.74) is 2.16. The molecule has 1 aliphatic carbocycles. The normalized spacial score (nSPS) is 14.6. The maximum atomic E-state index is 4.53. The minimum Gasteiger partial charge on any atom is -0.323 e. The number of hydrogen-bond donors (Lipinski definition) is 2. The van der Waals surface area contributed by atoms with Crippen molar-refractivity contribution in [1.82, 2.24) is 20.2 Å². The third kappa shape index (κ3) is 2.59. The van der Waals surface area contributed by atoms with Gasteiger partial charge in [-0.3, -0.25) is 5.10 Å². The number of aryl methyl sites for hydroxylation is 1. The summed E-state index contributed by atoms with van der Waals surface area (Å²) < 4.78 is 1.16. The fourth-order valence-electron chi connectivity index (χ4n) is 2.44. The SMILES string of the molecule is Cc1nc(Nc2cc(C3CC3)[nH]n2)c2cc(I)ccc2n1. The second-order valence-corrected chi connectivity index (χ2v) is 6.63. The highest BCUT2D eigenvalue weighted by Crippen LogP contribution is 2.39. The van der Waals surface area contributed by atoms with E-state index < -0.39 is 0 Å². The van der Waals surface area contributed by atoms with Crippen molar-refractivity contribution in [3.05, 3.63) is 39.4 Å². The van der Waals surface area contributed by atoms with E-state index in [-0.39, 0.29) is 0 Å². The fourth-order valence-corrected chi connectivity index (χ4v) is 2.93.